The Balaban J connectivity index is 2.28. The van der Waals surface area contributed by atoms with E-state index in [9.17, 15) is 0 Å². The van der Waals surface area contributed by atoms with Gasteiger partial charge in [-0.2, -0.15) is 0 Å². The monoisotopic (exact) mass is 236 g/mol. The third-order valence-electron chi connectivity index (χ3n) is 2.70. The molecule has 0 aromatic heterocycles. The molecule has 17 heavy (non-hydrogen) atoms. The van der Waals surface area contributed by atoms with Gasteiger partial charge in [0.1, 0.15) is 5.75 Å². The van der Waals surface area contributed by atoms with Gasteiger partial charge >= 0.3 is 0 Å². The zero-order chi connectivity index (χ0) is 12.4. The van der Waals surface area contributed by atoms with Gasteiger partial charge in [0, 0.05) is 11.6 Å². The van der Waals surface area contributed by atoms with Crippen molar-refractivity contribution in [2.75, 3.05) is 13.4 Å². The van der Waals surface area contributed by atoms with E-state index in [4.69, 9.17) is 14.2 Å². The van der Waals surface area contributed by atoms with Crippen LogP contribution in [-0.4, -0.2) is 13.4 Å². The molecule has 0 fully saturated rings. The van der Waals surface area contributed by atoms with Crippen LogP contribution in [0.5, 0.6) is 17.2 Å². The van der Waals surface area contributed by atoms with Gasteiger partial charge in [-0.15, -0.1) is 0 Å². The Morgan fingerprint density at radius 2 is 1.76 bits per heavy atom. The molecule has 3 heteroatoms. The molecule has 0 N–H and O–H groups in total. The van der Waals surface area contributed by atoms with Gasteiger partial charge < -0.3 is 14.2 Å². The first-order valence-electron chi connectivity index (χ1n) is 6.14. The number of ether oxygens (including phenoxy) is 3. The van der Waals surface area contributed by atoms with E-state index in [-0.39, 0.29) is 0 Å². The molecule has 1 heterocycles. The Kier molecular flexibility index (Phi) is 3.46. The molecule has 0 aliphatic carbocycles. The van der Waals surface area contributed by atoms with Crippen molar-refractivity contribution in [2.24, 2.45) is 5.92 Å². The number of fused-ring (bicyclic) bond motifs is 1. The Morgan fingerprint density at radius 1 is 1.12 bits per heavy atom. The van der Waals surface area contributed by atoms with Crippen molar-refractivity contribution in [3.63, 3.8) is 0 Å². The highest BCUT2D eigenvalue weighted by Gasteiger charge is 2.19. The van der Waals surface area contributed by atoms with Crippen molar-refractivity contribution in [1.29, 1.82) is 0 Å². The van der Waals surface area contributed by atoms with Crippen LogP contribution in [0.25, 0.3) is 0 Å². The summed E-state index contributed by atoms with van der Waals surface area (Å²) >= 11 is 0. The second kappa shape index (κ2) is 4.86. The van der Waals surface area contributed by atoms with Gasteiger partial charge in [0.15, 0.2) is 11.5 Å². The van der Waals surface area contributed by atoms with Gasteiger partial charge in [-0.3, -0.25) is 0 Å². The van der Waals surface area contributed by atoms with Crippen molar-refractivity contribution in [3.8, 4) is 17.2 Å². The molecular weight excluding hydrogens is 216 g/mol. The first-order valence-corrected chi connectivity index (χ1v) is 6.14. The van der Waals surface area contributed by atoms with E-state index < -0.39 is 0 Å². The molecule has 0 bridgehead atoms. The Morgan fingerprint density at radius 3 is 2.35 bits per heavy atom. The molecule has 0 amide bonds. The maximum absolute atomic E-state index is 5.85. The molecule has 1 aromatic rings. The van der Waals surface area contributed by atoms with E-state index in [1.807, 2.05) is 12.1 Å². The van der Waals surface area contributed by atoms with Crippen LogP contribution in [0.3, 0.4) is 0 Å². The molecule has 0 spiro atoms. The SMILES string of the molecule is CC(C)COc1cc2c(cc1C(C)C)OCO2. The normalized spacial score (nSPS) is 13.5. The first kappa shape index (κ1) is 12.1. The molecular formula is C14H20O3. The largest absolute Gasteiger partial charge is 0.493 e. The first-order chi connectivity index (χ1) is 8.08. The second-order valence-corrected chi connectivity index (χ2v) is 5.10. The lowest BCUT2D eigenvalue weighted by Gasteiger charge is -2.16. The zero-order valence-electron chi connectivity index (χ0n) is 10.9. The van der Waals surface area contributed by atoms with Crippen LogP contribution in [-0.2, 0) is 0 Å². The molecule has 1 aromatic carbocycles. The fraction of sp³-hybridized carbons (Fsp3) is 0.571. The van der Waals surface area contributed by atoms with Gasteiger partial charge in [0.2, 0.25) is 6.79 Å². The van der Waals surface area contributed by atoms with Gasteiger partial charge in [-0.05, 0) is 17.9 Å². The van der Waals surface area contributed by atoms with Crippen molar-refractivity contribution >= 4 is 0 Å². The summed E-state index contributed by atoms with van der Waals surface area (Å²) in [6.07, 6.45) is 0. The van der Waals surface area contributed by atoms with E-state index in [1.165, 1.54) is 5.56 Å². The maximum atomic E-state index is 5.85. The molecule has 2 rings (SSSR count). The average molecular weight is 236 g/mol. The number of rotatable bonds is 4. The topological polar surface area (TPSA) is 27.7 Å². The third-order valence-corrected chi connectivity index (χ3v) is 2.70. The summed E-state index contributed by atoms with van der Waals surface area (Å²) in [5, 5.41) is 0. The van der Waals surface area contributed by atoms with Gasteiger partial charge in [0.05, 0.1) is 6.61 Å². The van der Waals surface area contributed by atoms with Crippen LogP contribution >= 0.6 is 0 Å². The molecule has 0 saturated heterocycles. The van der Waals surface area contributed by atoms with Crippen LogP contribution in [0.1, 0.15) is 39.2 Å². The Labute approximate surface area is 103 Å². The van der Waals surface area contributed by atoms with Gasteiger partial charge in [-0.1, -0.05) is 27.7 Å². The molecule has 0 radical (unpaired) electrons. The van der Waals surface area contributed by atoms with Crippen molar-refractivity contribution < 1.29 is 14.2 Å². The van der Waals surface area contributed by atoms with Crippen LogP contribution in [0.2, 0.25) is 0 Å². The summed E-state index contributed by atoms with van der Waals surface area (Å²) < 4.78 is 16.6. The molecule has 0 unspecified atom stereocenters. The lowest BCUT2D eigenvalue weighted by molar-refractivity contribution is 0.173. The van der Waals surface area contributed by atoms with E-state index in [2.05, 4.69) is 27.7 Å². The quantitative estimate of drug-likeness (QED) is 0.799. The average Bonchev–Trinajstić information content (AvgIpc) is 2.71. The highest BCUT2D eigenvalue weighted by Crippen LogP contribution is 2.40. The molecule has 94 valence electrons. The lowest BCUT2D eigenvalue weighted by atomic mass is 10.0. The molecule has 1 aliphatic rings. The van der Waals surface area contributed by atoms with Crippen molar-refractivity contribution in [3.05, 3.63) is 17.7 Å². The highest BCUT2D eigenvalue weighted by atomic mass is 16.7. The minimum absolute atomic E-state index is 0.306. The van der Waals surface area contributed by atoms with Crippen LogP contribution in [0, 0.1) is 5.92 Å². The van der Waals surface area contributed by atoms with Crippen molar-refractivity contribution in [1.82, 2.24) is 0 Å². The minimum atomic E-state index is 0.306. The van der Waals surface area contributed by atoms with E-state index in [0.29, 0.717) is 18.6 Å². The number of benzene rings is 1. The molecule has 0 saturated carbocycles. The molecule has 3 nitrogen and oxygen atoms in total. The van der Waals surface area contributed by atoms with Crippen LogP contribution in [0.15, 0.2) is 12.1 Å². The van der Waals surface area contributed by atoms with Crippen LogP contribution < -0.4 is 14.2 Å². The van der Waals surface area contributed by atoms with Crippen molar-refractivity contribution in [2.45, 2.75) is 33.6 Å². The summed E-state index contributed by atoms with van der Waals surface area (Å²) in [5.41, 5.74) is 1.18. The summed E-state index contributed by atoms with van der Waals surface area (Å²) in [4.78, 5) is 0. The summed E-state index contributed by atoms with van der Waals surface area (Å²) in [7, 11) is 0. The fourth-order valence-corrected chi connectivity index (χ4v) is 1.77. The number of hydrogen-bond acceptors (Lipinski definition) is 3. The fourth-order valence-electron chi connectivity index (χ4n) is 1.77. The van der Waals surface area contributed by atoms with Gasteiger partial charge in [0.25, 0.3) is 0 Å². The summed E-state index contributed by atoms with van der Waals surface area (Å²) in [5.74, 6) is 3.45. The number of hydrogen-bond donors (Lipinski definition) is 0. The van der Waals surface area contributed by atoms with E-state index in [1.54, 1.807) is 0 Å². The standard InChI is InChI=1S/C14H20O3/c1-9(2)7-15-12-6-14-13(16-8-17-14)5-11(12)10(3)4/h5-6,9-10H,7-8H2,1-4H3. The Hall–Kier alpha value is -1.38. The van der Waals surface area contributed by atoms with E-state index in [0.717, 1.165) is 23.9 Å². The van der Waals surface area contributed by atoms with Gasteiger partial charge in [-0.25, -0.2) is 0 Å². The Bertz CT molecular complexity index is 397. The smallest absolute Gasteiger partial charge is 0.231 e. The molecule has 1 aliphatic heterocycles. The summed E-state index contributed by atoms with van der Waals surface area (Å²) in [6.45, 7) is 9.61. The third kappa shape index (κ3) is 2.65. The maximum Gasteiger partial charge on any atom is 0.231 e. The highest BCUT2D eigenvalue weighted by molar-refractivity contribution is 5.52. The second-order valence-electron chi connectivity index (χ2n) is 5.10. The predicted octanol–water partition coefficient (Wildman–Crippen LogP) is 3.57. The van der Waals surface area contributed by atoms with Crippen LogP contribution in [0.4, 0.5) is 0 Å². The summed E-state index contributed by atoms with van der Waals surface area (Å²) in [6, 6.07) is 3.97. The lowest BCUT2D eigenvalue weighted by Crippen LogP contribution is -2.06. The predicted molar refractivity (Wildman–Crippen MR) is 67.0 cm³/mol. The zero-order valence-corrected chi connectivity index (χ0v) is 10.9. The minimum Gasteiger partial charge on any atom is -0.493 e. The van der Waals surface area contributed by atoms with E-state index >= 15 is 0 Å². The molecule has 0 atom stereocenters.